The third kappa shape index (κ3) is 4.31. The van der Waals surface area contributed by atoms with Crippen LogP contribution in [0.4, 0.5) is 23.2 Å². The van der Waals surface area contributed by atoms with E-state index >= 15 is 0 Å². The Balaban J connectivity index is 1.38. The average molecular weight is 432 g/mol. The molecule has 0 heterocycles. The van der Waals surface area contributed by atoms with Gasteiger partial charge in [0, 0.05) is 22.5 Å². The minimum Gasteiger partial charge on any atom is -0.359 e. The molecular formula is C24H24F4N2O. The summed E-state index contributed by atoms with van der Waals surface area (Å²) in [4.78, 5) is 12.6. The summed E-state index contributed by atoms with van der Waals surface area (Å²) >= 11 is 0. The lowest BCUT2D eigenvalue weighted by Gasteiger charge is -2.39. The summed E-state index contributed by atoms with van der Waals surface area (Å²) in [5.41, 5.74) is 0.404. The number of amides is 1. The molecule has 31 heavy (non-hydrogen) atoms. The maximum absolute atomic E-state index is 13.1. The molecule has 0 spiro atoms. The summed E-state index contributed by atoms with van der Waals surface area (Å²) in [6.07, 6.45) is -2.09. The van der Waals surface area contributed by atoms with Crippen molar-refractivity contribution in [3.63, 3.8) is 0 Å². The molecule has 1 amide bonds. The smallest absolute Gasteiger partial charge is 0.359 e. The van der Waals surface area contributed by atoms with E-state index in [0.717, 1.165) is 42.8 Å². The number of benzene rings is 2. The molecule has 0 radical (unpaired) electrons. The fourth-order valence-corrected chi connectivity index (χ4v) is 5.01. The number of hydrogen-bond donors (Lipinski definition) is 2. The number of alkyl halides is 3. The van der Waals surface area contributed by atoms with Crippen molar-refractivity contribution >= 4 is 11.6 Å². The third-order valence-corrected chi connectivity index (χ3v) is 6.71. The van der Waals surface area contributed by atoms with Gasteiger partial charge >= 0.3 is 6.18 Å². The van der Waals surface area contributed by atoms with Gasteiger partial charge in [0.05, 0.1) is 5.56 Å². The van der Waals surface area contributed by atoms with Crippen LogP contribution in [0.1, 0.15) is 42.1 Å². The van der Waals surface area contributed by atoms with Gasteiger partial charge < -0.3 is 10.6 Å². The zero-order valence-electron chi connectivity index (χ0n) is 17.1. The fraction of sp³-hybridized carbons (Fsp3) is 0.375. The van der Waals surface area contributed by atoms with Gasteiger partial charge in [-0.05, 0) is 79.5 Å². The Kier molecular flexibility index (Phi) is 5.31. The maximum atomic E-state index is 13.1. The lowest BCUT2D eigenvalue weighted by molar-refractivity contribution is -0.137. The van der Waals surface area contributed by atoms with E-state index in [0.29, 0.717) is 11.8 Å². The van der Waals surface area contributed by atoms with Gasteiger partial charge in [0.1, 0.15) is 5.82 Å². The van der Waals surface area contributed by atoms with Crippen molar-refractivity contribution in [2.24, 2.45) is 17.8 Å². The van der Waals surface area contributed by atoms with Crippen molar-refractivity contribution in [1.82, 2.24) is 5.32 Å². The Labute approximate surface area is 178 Å². The predicted molar refractivity (Wildman–Crippen MR) is 111 cm³/mol. The normalized spacial score (nSPS) is 25.5. The van der Waals surface area contributed by atoms with Crippen molar-refractivity contribution < 1.29 is 22.4 Å². The first-order chi connectivity index (χ1) is 14.6. The molecule has 5 rings (SSSR count). The van der Waals surface area contributed by atoms with Crippen LogP contribution in [-0.4, -0.2) is 11.4 Å². The number of halogens is 4. The molecule has 1 unspecified atom stereocenters. The zero-order chi connectivity index (χ0) is 22.4. The number of allylic oxidation sites excluding steroid dienone is 1. The molecule has 0 aromatic heterocycles. The summed E-state index contributed by atoms with van der Waals surface area (Å²) in [5, 5.41) is 6.23. The predicted octanol–water partition coefficient (Wildman–Crippen LogP) is 6.00. The van der Waals surface area contributed by atoms with Crippen molar-refractivity contribution in [3.05, 3.63) is 77.8 Å². The van der Waals surface area contributed by atoms with Crippen LogP contribution in [-0.2, 0) is 6.18 Å². The summed E-state index contributed by atoms with van der Waals surface area (Å²) in [6.45, 7) is 6.21. The molecule has 3 aliphatic carbocycles. The molecule has 2 N–H and O–H groups in total. The largest absolute Gasteiger partial charge is 0.416 e. The summed E-state index contributed by atoms with van der Waals surface area (Å²) < 4.78 is 51.9. The van der Waals surface area contributed by atoms with Gasteiger partial charge in [-0.1, -0.05) is 19.6 Å². The highest BCUT2D eigenvalue weighted by atomic mass is 19.4. The van der Waals surface area contributed by atoms with Crippen molar-refractivity contribution in [1.29, 1.82) is 0 Å². The Morgan fingerprint density at radius 2 is 1.81 bits per heavy atom. The van der Waals surface area contributed by atoms with Crippen molar-refractivity contribution in [2.45, 2.75) is 37.9 Å². The molecule has 0 aliphatic heterocycles. The molecule has 2 bridgehead atoms. The monoisotopic (exact) mass is 432 g/mol. The Bertz CT molecular complexity index is 993. The molecule has 2 aromatic carbocycles. The van der Waals surface area contributed by atoms with Crippen molar-refractivity contribution in [3.8, 4) is 0 Å². The second-order valence-electron chi connectivity index (χ2n) is 8.80. The molecule has 0 saturated heterocycles. The van der Waals surface area contributed by atoms with E-state index in [1.54, 1.807) is 12.1 Å². The number of carbonyl (C=O) groups is 1. The molecule has 164 valence electrons. The van der Waals surface area contributed by atoms with E-state index in [1.807, 2.05) is 0 Å². The van der Waals surface area contributed by atoms with Gasteiger partial charge in [0.15, 0.2) is 0 Å². The van der Waals surface area contributed by atoms with E-state index in [2.05, 4.69) is 24.1 Å². The van der Waals surface area contributed by atoms with Crippen LogP contribution in [0.25, 0.3) is 0 Å². The molecule has 3 aliphatic rings. The minimum absolute atomic E-state index is 0.0199. The SMILES string of the molecule is C=C(Nc1ccc(F)cc1)[C@H](C)C1CC2(NC(=O)c3cccc(C(F)(F)F)c3)CC1C2. The van der Waals surface area contributed by atoms with Crippen LogP contribution in [0.15, 0.2) is 60.8 Å². The number of fused-ring (bicyclic) bond motifs is 1. The van der Waals surface area contributed by atoms with E-state index in [9.17, 15) is 22.4 Å². The molecular weight excluding hydrogens is 408 g/mol. The minimum atomic E-state index is -4.48. The average Bonchev–Trinajstić information content (AvgIpc) is 3.24. The number of carbonyl (C=O) groups excluding carboxylic acids is 1. The fourth-order valence-electron chi connectivity index (χ4n) is 5.01. The first kappa shape index (κ1) is 21.4. The highest BCUT2D eigenvalue weighted by molar-refractivity contribution is 5.95. The standard InChI is InChI=1S/C24H24F4N2O/c1-14(15(2)29-20-8-6-19(25)7-9-20)21-13-23(11-17(21)12-23)30-22(31)16-4-3-5-18(10-16)24(26,27)28/h3-10,14,17,21,29H,2,11-13H2,1H3,(H,30,31)/t14-,17?,21?,23?/m0/s1. The van der Waals surface area contributed by atoms with Gasteiger partial charge in [0.2, 0.25) is 0 Å². The Morgan fingerprint density at radius 3 is 2.45 bits per heavy atom. The van der Waals surface area contributed by atoms with Crippen molar-refractivity contribution in [2.75, 3.05) is 5.32 Å². The van der Waals surface area contributed by atoms with Crippen LogP contribution in [0.5, 0.6) is 0 Å². The summed E-state index contributed by atoms with van der Waals surface area (Å²) in [7, 11) is 0. The number of nitrogens with one attached hydrogen (secondary N) is 2. The molecule has 3 nitrogen and oxygen atoms in total. The van der Waals surface area contributed by atoms with Gasteiger partial charge in [-0.2, -0.15) is 13.2 Å². The van der Waals surface area contributed by atoms with Gasteiger partial charge in [-0.3, -0.25) is 4.79 Å². The molecule has 2 aromatic rings. The quantitative estimate of drug-likeness (QED) is 0.550. The molecule has 2 atom stereocenters. The third-order valence-electron chi connectivity index (χ3n) is 6.71. The number of anilines is 1. The highest BCUT2D eigenvalue weighted by Crippen LogP contribution is 2.58. The van der Waals surface area contributed by atoms with Crippen LogP contribution < -0.4 is 10.6 Å². The van der Waals surface area contributed by atoms with Gasteiger partial charge in [0.25, 0.3) is 5.91 Å². The summed E-state index contributed by atoms with van der Waals surface area (Å²) in [5.74, 6) is 0.0936. The van der Waals surface area contributed by atoms with Gasteiger partial charge in [-0.15, -0.1) is 0 Å². The lowest BCUT2D eigenvalue weighted by Crippen LogP contribution is -2.51. The zero-order valence-corrected chi connectivity index (χ0v) is 17.1. The second-order valence-corrected chi connectivity index (χ2v) is 8.80. The number of hydrogen-bond acceptors (Lipinski definition) is 2. The van der Waals surface area contributed by atoms with Crippen LogP contribution in [0.2, 0.25) is 0 Å². The Morgan fingerprint density at radius 1 is 1.13 bits per heavy atom. The van der Waals surface area contributed by atoms with Crippen LogP contribution in [0.3, 0.4) is 0 Å². The maximum Gasteiger partial charge on any atom is 0.416 e. The van der Waals surface area contributed by atoms with E-state index in [4.69, 9.17) is 0 Å². The highest BCUT2D eigenvalue weighted by Gasteiger charge is 2.58. The van der Waals surface area contributed by atoms with E-state index < -0.39 is 17.6 Å². The van der Waals surface area contributed by atoms with E-state index in [1.165, 1.54) is 24.3 Å². The molecule has 7 heteroatoms. The second kappa shape index (κ2) is 7.70. The van der Waals surface area contributed by atoms with Crippen LogP contribution in [0, 0.1) is 23.6 Å². The summed E-state index contributed by atoms with van der Waals surface area (Å²) in [6, 6.07) is 10.6. The van der Waals surface area contributed by atoms with E-state index in [-0.39, 0.29) is 22.8 Å². The van der Waals surface area contributed by atoms with Crippen LogP contribution >= 0.6 is 0 Å². The van der Waals surface area contributed by atoms with Gasteiger partial charge in [-0.25, -0.2) is 4.39 Å². The Hall–Kier alpha value is -2.83. The molecule has 3 saturated carbocycles. The number of rotatable bonds is 6. The topological polar surface area (TPSA) is 41.1 Å². The first-order valence-electron chi connectivity index (χ1n) is 10.3. The first-order valence-corrected chi connectivity index (χ1v) is 10.3. The molecule has 3 fully saturated rings. The lowest BCUT2D eigenvalue weighted by atomic mass is 9.74.